The number of anilines is 1. The zero-order valence-corrected chi connectivity index (χ0v) is 18.4. The number of alkyl halides is 3. The van der Waals surface area contributed by atoms with Gasteiger partial charge < -0.3 is 5.32 Å². The highest BCUT2D eigenvalue weighted by Gasteiger charge is 2.39. The molecule has 1 aromatic carbocycles. The van der Waals surface area contributed by atoms with E-state index in [1.807, 2.05) is 12.1 Å². The first-order valence-corrected chi connectivity index (χ1v) is 10.9. The van der Waals surface area contributed by atoms with E-state index < -0.39 is 17.8 Å². The minimum absolute atomic E-state index is 0.139. The van der Waals surface area contributed by atoms with Gasteiger partial charge in [-0.2, -0.15) is 23.4 Å². The third-order valence-electron chi connectivity index (χ3n) is 5.30. The summed E-state index contributed by atoms with van der Waals surface area (Å²) in [4.78, 5) is 12.6. The van der Waals surface area contributed by atoms with Crippen molar-refractivity contribution in [1.82, 2.24) is 19.6 Å². The van der Waals surface area contributed by atoms with Gasteiger partial charge in [0.1, 0.15) is 11.6 Å². The lowest BCUT2D eigenvalue weighted by Gasteiger charge is -2.08. The average molecular weight is 486 g/mol. The molecule has 1 aliphatic rings. The van der Waals surface area contributed by atoms with Crippen LogP contribution in [0.4, 0.5) is 19.0 Å². The predicted molar refractivity (Wildman–Crippen MR) is 115 cm³/mol. The van der Waals surface area contributed by atoms with Crippen molar-refractivity contribution in [3.63, 3.8) is 0 Å². The smallest absolute Gasteiger partial charge is 0.306 e. The van der Waals surface area contributed by atoms with Gasteiger partial charge in [-0.1, -0.05) is 41.8 Å². The average Bonchev–Trinajstić information content (AvgIpc) is 3.12. The largest absolute Gasteiger partial charge is 0.435 e. The molecule has 4 rings (SSSR count). The van der Waals surface area contributed by atoms with E-state index in [-0.39, 0.29) is 22.9 Å². The van der Waals surface area contributed by atoms with Crippen molar-refractivity contribution in [2.45, 2.75) is 51.4 Å². The number of fused-ring (bicyclic) bond motifs is 1. The maximum absolute atomic E-state index is 13.4. The number of carbonyl (C=O) groups is 1. The van der Waals surface area contributed by atoms with Crippen LogP contribution < -0.4 is 5.32 Å². The van der Waals surface area contributed by atoms with Crippen molar-refractivity contribution in [3.8, 4) is 0 Å². The fraction of sp³-hybridized carbons (Fsp3) is 0.381. The van der Waals surface area contributed by atoms with Gasteiger partial charge in [-0.3, -0.25) is 14.2 Å². The second-order valence-electron chi connectivity index (χ2n) is 7.69. The maximum atomic E-state index is 13.4. The van der Waals surface area contributed by atoms with Gasteiger partial charge in [-0.05, 0) is 43.4 Å². The summed E-state index contributed by atoms with van der Waals surface area (Å²) in [5, 5.41) is 11.4. The summed E-state index contributed by atoms with van der Waals surface area (Å²) < 4.78 is 43.1. The highest BCUT2D eigenvalue weighted by Crippen LogP contribution is 2.35. The third kappa shape index (κ3) is 5.10. The van der Waals surface area contributed by atoms with Crippen LogP contribution in [-0.2, 0) is 36.9 Å². The fourth-order valence-electron chi connectivity index (χ4n) is 3.85. The highest BCUT2D eigenvalue weighted by molar-refractivity contribution is 6.33. The Hall–Kier alpha value is -2.52. The molecule has 32 heavy (non-hydrogen) atoms. The van der Waals surface area contributed by atoms with Gasteiger partial charge in [0.25, 0.3) is 0 Å². The molecule has 11 heteroatoms. The monoisotopic (exact) mass is 485 g/mol. The Labute approximate surface area is 192 Å². The normalized spacial score (nSPS) is 14.2. The Morgan fingerprint density at radius 3 is 2.50 bits per heavy atom. The van der Waals surface area contributed by atoms with E-state index >= 15 is 0 Å². The van der Waals surface area contributed by atoms with Crippen LogP contribution in [0.3, 0.4) is 0 Å². The number of hydrogen-bond acceptors (Lipinski definition) is 3. The molecule has 3 aromatic rings. The molecule has 1 N–H and O–H groups in total. The van der Waals surface area contributed by atoms with Gasteiger partial charge in [-0.15, -0.1) is 0 Å². The first-order valence-electron chi connectivity index (χ1n) is 10.1. The SMILES string of the molecule is O=C(Cn1nc(C(F)(F)F)c2c1CCCCC2)Nc1nn(Cc2ccc(Cl)cc2)cc1Cl. The number of hydrogen-bond donors (Lipinski definition) is 1. The molecule has 0 saturated heterocycles. The topological polar surface area (TPSA) is 64.7 Å². The van der Waals surface area contributed by atoms with E-state index in [0.717, 1.165) is 23.1 Å². The highest BCUT2D eigenvalue weighted by atomic mass is 35.5. The van der Waals surface area contributed by atoms with E-state index in [2.05, 4.69) is 15.5 Å². The lowest BCUT2D eigenvalue weighted by molar-refractivity contribution is -0.142. The standard InChI is InChI=1S/C21H20Cl2F3N5O/c22-14-8-6-13(7-9-14)10-30-11-16(23)20(29-30)27-18(32)12-31-17-5-3-1-2-4-15(17)19(28-31)21(24,25)26/h6-9,11H,1-5,10,12H2,(H,27,29,32). The minimum Gasteiger partial charge on any atom is -0.306 e. The van der Waals surface area contributed by atoms with Gasteiger partial charge in [0.2, 0.25) is 5.91 Å². The van der Waals surface area contributed by atoms with E-state index in [1.165, 1.54) is 0 Å². The molecule has 0 radical (unpaired) electrons. The summed E-state index contributed by atoms with van der Waals surface area (Å²) in [6, 6.07) is 7.20. The van der Waals surface area contributed by atoms with Crippen LogP contribution in [0.1, 0.15) is 41.8 Å². The Kier molecular flexibility index (Phi) is 6.48. The minimum atomic E-state index is -4.56. The van der Waals surface area contributed by atoms with Gasteiger partial charge in [0.05, 0.1) is 6.54 Å². The number of amides is 1. The number of halogens is 5. The lowest BCUT2D eigenvalue weighted by Crippen LogP contribution is -2.22. The molecule has 2 aromatic heterocycles. The van der Waals surface area contributed by atoms with Crippen LogP contribution in [0, 0.1) is 0 Å². The molecule has 170 valence electrons. The van der Waals surface area contributed by atoms with Crippen molar-refractivity contribution in [2.75, 3.05) is 5.32 Å². The summed E-state index contributed by atoms with van der Waals surface area (Å²) >= 11 is 12.1. The summed E-state index contributed by atoms with van der Waals surface area (Å²) in [6.07, 6.45) is 0.0638. The number of nitrogens with one attached hydrogen (secondary N) is 1. The summed E-state index contributed by atoms with van der Waals surface area (Å²) in [7, 11) is 0. The quantitative estimate of drug-likeness (QED) is 0.494. The van der Waals surface area contributed by atoms with Crippen LogP contribution in [-0.4, -0.2) is 25.5 Å². The van der Waals surface area contributed by atoms with Crippen molar-refractivity contribution in [1.29, 1.82) is 0 Å². The van der Waals surface area contributed by atoms with Crippen LogP contribution in [0.25, 0.3) is 0 Å². The van der Waals surface area contributed by atoms with Gasteiger partial charge in [0, 0.05) is 22.5 Å². The summed E-state index contributed by atoms with van der Waals surface area (Å²) in [6.45, 7) is 0.0627. The van der Waals surface area contributed by atoms with Crippen LogP contribution in [0.5, 0.6) is 0 Å². The number of carbonyl (C=O) groups excluding carboxylic acids is 1. The molecule has 0 atom stereocenters. The molecular formula is C21H20Cl2F3N5O. The first kappa shape index (κ1) is 22.7. The first-order chi connectivity index (χ1) is 15.2. The van der Waals surface area contributed by atoms with Crippen molar-refractivity contribution >= 4 is 34.9 Å². The maximum Gasteiger partial charge on any atom is 0.435 e. The van der Waals surface area contributed by atoms with E-state index in [0.29, 0.717) is 36.5 Å². The molecule has 1 amide bonds. The Morgan fingerprint density at radius 2 is 1.78 bits per heavy atom. The Morgan fingerprint density at radius 1 is 1.06 bits per heavy atom. The predicted octanol–water partition coefficient (Wildman–Crippen LogP) is 5.36. The third-order valence-corrected chi connectivity index (χ3v) is 5.83. The fourth-order valence-corrected chi connectivity index (χ4v) is 4.18. The molecule has 0 aliphatic heterocycles. The van der Waals surface area contributed by atoms with Crippen molar-refractivity contribution < 1.29 is 18.0 Å². The molecule has 2 heterocycles. The van der Waals surface area contributed by atoms with Crippen LogP contribution >= 0.6 is 23.2 Å². The van der Waals surface area contributed by atoms with E-state index in [1.54, 1.807) is 23.0 Å². The molecule has 0 unspecified atom stereocenters. The molecule has 0 spiro atoms. The van der Waals surface area contributed by atoms with Crippen molar-refractivity contribution in [2.24, 2.45) is 0 Å². The number of aromatic nitrogens is 4. The van der Waals surface area contributed by atoms with Gasteiger partial charge >= 0.3 is 6.18 Å². The molecular weight excluding hydrogens is 466 g/mol. The van der Waals surface area contributed by atoms with E-state index in [4.69, 9.17) is 23.2 Å². The number of benzene rings is 1. The summed E-state index contributed by atoms with van der Waals surface area (Å²) in [5.74, 6) is -0.410. The Balaban J connectivity index is 1.49. The second kappa shape index (κ2) is 9.15. The molecule has 6 nitrogen and oxygen atoms in total. The van der Waals surface area contributed by atoms with Crippen LogP contribution in [0.15, 0.2) is 30.5 Å². The second-order valence-corrected chi connectivity index (χ2v) is 8.53. The summed E-state index contributed by atoms with van der Waals surface area (Å²) in [5.41, 5.74) is 0.718. The zero-order valence-electron chi connectivity index (χ0n) is 16.9. The van der Waals surface area contributed by atoms with E-state index in [9.17, 15) is 18.0 Å². The van der Waals surface area contributed by atoms with Gasteiger partial charge in [0.15, 0.2) is 11.5 Å². The zero-order chi connectivity index (χ0) is 22.9. The molecule has 0 saturated carbocycles. The molecule has 0 bridgehead atoms. The number of rotatable bonds is 5. The lowest BCUT2D eigenvalue weighted by atomic mass is 10.1. The number of nitrogens with zero attached hydrogens (tertiary/aromatic N) is 4. The van der Waals surface area contributed by atoms with Gasteiger partial charge in [-0.25, -0.2) is 0 Å². The molecule has 0 fully saturated rings. The Bertz CT molecular complexity index is 1120. The molecule has 1 aliphatic carbocycles. The van der Waals surface area contributed by atoms with Crippen LogP contribution in [0.2, 0.25) is 10.0 Å². The van der Waals surface area contributed by atoms with Crippen molar-refractivity contribution in [3.05, 3.63) is 63.0 Å².